The van der Waals surface area contributed by atoms with E-state index in [0.29, 0.717) is 6.54 Å². The van der Waals surface area contributed by atoms with Gasteiger partial charge in [-0.05, 0) is 36.6 Å². The number of aromatic nitrogens is 2. The normalized spacial score (nSPS) is 12.4. The zero-order chi connectivity index (χ0) is 14.5. The summed E-state index contributed by atoms with van der Waals surface area (Å²) in [6, 6.07) is 10.3. The van der Waals surface area contributed by atoms with Gasteiger partial charge in [-0.15, -0.1) is 0 Å². The molecule has 20 heavy (non-hydrogen) atoms. The zero-order valence-electron chi connectivity index (χ0n) is 12.5. The van der Waals surface area contributed by atoms with Crippen LogP contribution in [0.4, 0.5) is 0 Å². The summed E-state index contributed by atoms with van der Waals surface area (Å²) in [4.78, 5) is 0. The van der Waals surface area contributed by atoms with E-state index in [2.05, 4.69) is 36.7 Å². The third-order valence-corrected chi connectivity index (χ3v) is 3.61. The number of ether oxygens (including phenoxy) is 1. The van der Waals surface area contributed by atoms with Gasteiger partial charge in [-0.3, -0.25) is 4.68 Å². The fourth-order valence-corrected chi connectivity index (χ4v) is 2.40. The van der Waals surface area contributed by atoms with Crippen molar-refractivity contribution >= 4 is 0 Å². The first-order valence-corrected chi connectivity index (χ1v) is 7.14. The summed E-state index contributed by atoms with van der Waals surface area (Å²) in [5.74, 6) is 0.856. The van der Waals surface area contributed by atoms with Gasteiger partial charge in [0.25, 0.3) is 0 Å². The molecule has 1 atom stereocenters. The highest BCUT2D eigenvalue weighted by molar-refractivity contribution is 5.30. The number of methoxy groups -OCH3 is 1. The number of rotatable bonds is 6. The number of nitrogens with zero attached hydrogens (tertiary/aromatic N) is 2. The Bertz CT molecular complexity index is 545. The van der Waals surface area contributed by atoms with Crippen molar-refractivity contribution in [3.05, 3.63) is 47.3 Å². The second kappa shape index (κ2) is 6.57. The van der Waals surface area contributed by atoms with E-state index in [1.54, 1.807) is 7.11 Å². The van der Waals surface area contributed by atoms with Gasteiger partial charge in [-0.1, -0.05) is 26.0 Å². The minimum Gasteiger partial charge on any atom is -0.497 e. The molecule has 0 aliphatic heterocycles. The molecule has 108 valence electrons. The molecular weight excluding hydrogens is 250 g/mol. The van der Waals surface area contributed by atoms with Gasteiger partial charge in [0.1, 0.15) is 5.75 Å². The first-order valence-electron chi connectivity index (χ1n) is 7.14. The van der Waals surface area contributed by atoms with Crippen LogP contribution in [0.5, 0.6) is 5.75 Å². The molecule has 2 N–H and O–H groups in total. The first kappa shape index (κ1) is 14.6. The molecule has 4 nitrogen and oxygen atoms in total. The van der Waals surface area contributed by atoms with Gasteiger partial charge < -0.3 is 10.5 Å². The molecule has 2 rings (SSSR count). The molecule has 0 bridgehead atoms. The lowest BCUT2D eigenvalue weighted by molar-refractivity contribution is 0.414. The lowest BCUT2D eigenvalue weighted by atomic mass is 10.1. The Hall–Kier alpha value is -1.81. The molecule has 0 saturated carbocycles. The topological polar surface area (TPSA) is 53.1 Å². The van der Waals surface area contributed by atoms with Crippen LogP contribution in [0.2, 0.25) is 0 Å². The summed E-state index contributed by atoms with van der Waals surface area (Å²) in [7, 11) is 1.67. The van der Waals surface area contributed by atoms with Crippen LogP contribution in [0.25, 0.3) is 0 Å². The lowest BCUT2D eigenvalue weighted by Crippen LogP contribution is -2.23. The summed E-state index contributed by atoms with van der Waals surface area (Å²) >= 11 is 0. The summed E-state index contributed by atoms with van der Waals surface area (Å²) in [5.41, 5.74) is 9.50. The molecule has 0 saturated heterocycles. The Kier molecular flexibility index (Phi) is 4.79. The van der Waals surface area contributed by atoms with Gasteiger partial charge in [-0.25, -0.2) is 0 Å². The maximum absolute atomic E-state index is 5.99. The Labute approximate surface area is 120 Å². The maximum Gasteiger partial charge on any atom is 0.118 e. The number of hydrogen-bond acceptors (Lipinski definition) is 3. The number of aryl methyl sites for hydroxylation is 2. The first-order chi connectivity index (χ1) is 9.73. The van der Waals surface area contributed by atoms with E-state index in [0.717, 1.165) is 29.8 Å². The van der Waals surface area contributed by atoms with Gasteiger partial charge in [-0.2, -0.15) is 5.10 Å². The molecule has 0 radical (unpaired) electrons. The van der Waals surface area contributed by atoms with Crippen molar-refractivity contribution in [1.82, 2.24) is 9.78 Å². The van der Waals surface area contributed by atoms with Crippen LogP contribution in [0.15, 0.2) is 30.3 Å². The zero-order valence-corrected chi connectivity index (χ0v) is 12.5. The average molecular weight is 273 g/mol. The Morgan fingerprint density at radius 3 is 2.40 bits per heavy atom. The van der Waals surface area contributed by atoms with Crippen molar-refractivity contribution in [2.24, 2.45) is 5.73 Å². The third-order valence-electron chi connectivity index (χ3n) is 3.61. The SMILES string of the molecule is CCc1cc(CC)n(C(CN)c2ccc(OC)cc2)n1. The smallest absolute Gasteiger partial charge is 0.118 e. The highest BCUT2D eigenvalue weighted by atomic mass is 16.5. The molecule has 1 heterocycles. The molecule has 0 spiro atoms. The summed E-state index contributed by atoms with van der Waals surface area (Å²) < 4.78 is 7.27. The van der Waals surface area contributed by atoms with E-state index < -0.39 is 0 Å². The molecule has 0 aliphatic carbocycles. The van der Waals surface area contributed by atoms with Gasteiger partial charge in [0.2, 0.25) is 0 Å². The van der Waals surface area contributed by atoms with Crippen molar-refractivity contribution in [2.75, 3.05) is 13.7 Å². The van der Waals surface area contributed by atoms with Gasteiger partial charge in [0.05, 0.1) is 18.8 Å². The Balaban J connectivity index is 2.37. The third kappa shape index (κ3) is 2.85. The monoisotopic (exact) mass is 273 g/mol. The van der Waals surface area contributed by atoms with E-state index in [1.165, 1.54) is 5.69 Å². The van der Waals surface area contributed by atoms with Crippen LogP contribution in [0, 0.1) is 0 Å². The Morgan fingerprint density at radius 1 is 1.20 bits per heavy atom. The van der Waals surface area contributed by atoms with Crippen LogP contribution in [-0.2, 0) is 12.8 Å². The molecule has 0 fully saturated rings. The second-order valence-corrected chi connectivity index (χ2v) is 4.80. The van der Waals surface area contributed by atoms with Crippen LogP contribution >= 0.6 is 0 Å². The number of hydrogen-bond donors (Lipinski definition) is 1. The Morgan fingerprint density at radius 2 is 1.90 bits per heavy atom. The average Bonchev–Trinajstić information content (AvgIpc) is 2.92. The standard InChI is InChI=1S/C16H23N3O/c1-4-13-10-14(5-2)19(18-13)16(11-17)12-6-8-15(20-3)9-7-12/h6-10,16H,4-5,11,17H2,1-3H3. The van der Waals surface area contributed by atoms with E-state index in [1.807, 2.05) is 12.1 Å². The summed E-state index contributed by atoms with van der Waals surface area (Å²) in [6.07, 6.45) is 1.90. The molecule has 0 amide bonds. The predicted octanol–water partition coefficient (Wildman–Crippen LogP) is 2.56. The minimum atomic E-state index is 0.0798. The fraction of sp³-hybridized carbons (Fsp3) is 0.438. The van der Waals surface area contributed by atoms with Crippen molar-refractivity contribution < 1.29 is 4.74 Å². The van der Waals surface area contributed by atoms with Crippen molar-refractivity contribution in [3.8, 4) is 5.75 Å². The van der Waals surface area contributed by atoms with Crippen LogP contribution < -0.4 is 10.5 Å². The van der Waals surface area contributed by atoms with E-state index in [-0.39, 0.29) is 6.04 Å². The molecule has 2 aromatic rings. The molecule has 0 aliphatic rings. The lowest BCUT2D eigenvalue weighted by Gasteiger charge is -2.19. The van der Waals surface area contributed by atoms with E-state index >= 15 is 0 Å². The quantitative estimate of drug-likeness (QED) is 0.880. The van der Waals surface area contributed by atoms with Crippen molar-refractivity contribution in [3.63, 3.8) is 0 Å². The van der Waals surface area contributed by atoms with Gasteiger partial charge >= 0.3 is 0 Å². The molecule has 1 aromatic heterocycles. The highest BCUT2D eigenvalue weighted by Crippen LogP contribution is 2.22. The van der Waals surface area contributed by atoms with E-state index in [4.69, 9.17) is 15.6 Å². The molecule has 1 unspecified atom stereocenters. The van der Waals surface area contributed by atoms with E-state index in [9.17, 15) is 0 Å². The minimum absolute atomic E-state index is 0.0798. The van der Waals surface area contributed by atoms with Crippen molar-refractivity contribution in [1.29, 1.82) is 0 Å². The van der Waals surface area contributed by atoms with Crippen LogP contribution in [-0.4, -0.2) is 23.4 Å². The molecule has 4 heteroatoms. The summed E-state index contributed by atoms with van der Waals surface area (Å²) in [6.45, 7) is 4.80. The highest BCUT2D eigenvalue weighted by Gasteiger charge is 2.17. The summed E-state index contributed by atoms with van der Waals surface area (Å²) in [5, 5.41) is 4.70. The number of benzene rings is 1. The predicted molar refractivity (Wildman–Crippen MR) is 81.2 cm³/mol. The molecular formula is C16H23N3O. The van der Waals surface area contributed by atoms with Crippen LogP contribution in [0.3, 0.4) is 0 Å². The second-order valence-electron chi connectivity index (χ2n) is 4.80. The van der Waals surface area contributed by atoms with Gasteiger partial charge in [0, 0.05) is 12.2 Å². The maximum atomic E-state index is 5.99. The number of nitrogens with two attached hydrogens (primary N) is 1. The fourth-order valence-electron chi connectivity index (χ4n) is 2.40. The molecule has 1 aromatic carbocycles. The van der Waals surface area contributed by atoms with Crippen LogP contribution in [0.1, 0.15) is 36.8 Å². The van der Waals surface area contributed by atoms with Crippen molar-refractivity contribution in [2.45, 2.75) is 32.7 Å². The van der Waals surface area contributed by atoms with Gasteiger partial charge in [0.15, 0.2) is 0 Å². The largest absolute Gasteiger partial charge is 0.497 e.